The molecule has 1 aromatic carbocycles. The normalized spacial score (nSPS) is 16.4. The number of rotatable bonds is 7. The SMILES string of the molecule is COc1cc([C@@H](C)NC(=O)CC(C)C)ccc1OC1CCCC1. The Morgan fingerprint density at radius 1 is 1.22 bits per heavy atom. The Morgan fingerprint density at radius 2 is 1.91 bits per heavy atom. The fourth-order valence-electron chi connectivity index (χ4n) is 2.99. The van der Waals surface area contributed by atoms with E-state index in [0.29, 0.717) is 18.4 Å². The minimum atomic E-state index is -0.0457. The number of methoxy groups -OCH3 is 1. The van der Waals surface area contributed by atoms with Gasteiger partial charge in [0.2, 0.25) is 5.91 Å². The highest BCUT2D eigenvalue weighted by Crippen LogP contribution is 2.33. The summed E-state index contributed by atoms with van der Waals surface area (Å²) in [6.07, 6.45) is 5.56. The molecule has 0 radical (unpaired) electrons. The Kier molecular flexibility index (Phi) is 6.31. The molecule has 1 atom stereocenters. The Labute approximate surface area is 139 Å². The van der Waals surface area contributed by atoms with Gasteiger partial charge in [0.05, 0.1) is 19.3 Å². The molecular weight excluding hydrogens is 290 g/mol. The van der Waals surface area contributed by atoms with Crippen molar-refractivity contribution in [2.45, 2.75) is 65.0 Å². The van der Waals surface area contributed by atoms with Crippen LogP contribution in [0, 0.1) is 5.92 Å². The lowest BCUT2D eigenvalue weighted by Crippen LogP contribution is -2.27. The molecule has 2 rings (SSSR count). The van der Waals surface area contributed by atoms with Crippen LogP contribution in [0.15, 0.2) is 18.2 Å². The number of benzene rings is 1. The van der Waals surface area contributed by atoms with Crippen LogP contribution < -0.4 is 14.8 Å². The lowest BCUT2D eigenvalue weighted by atomic mass is 10.1. The number of ether oxygens (including phenoxy) is 2. The molecule has 1 aliphatic rings. The van der Waals surface area contributed by atoms with Crippen molar-refractivity contribution >= 4 is 5.91 Å². The monoisotopic (exact) mass is 319 g/mol. The van der Waals surface area contributed by atoms with E-state index in [-0.39, 0.29) is 11.9 Å². The van der Waals surface area contributed by atoms with Crippen LogP contribution in [0.1, 0.15) is 64.5 Å². The molecule has 0 aliphatic heterocycles. The molecule has 0 spiro atoms. The largest absolute Gasteiger partial charge is 0.493 e. The first-order valence-electron chi connectivity index (χ1n) is 8.63. The summed E-state index contributed by atoms with van der Waals surface area (Å²) in [5.41, 5.74) is 1.03. The molecule has 0 aromatic heterocycles. The predicted octanol–water partition coefficient (Wildman–Crippen LogP) is 4.24. The smallest absolute Gasteiger partial charge is 0.220 e. The molecule has 4 heteroatoms. The van der Waals surface area contributed by atoms with Gasteiger partial charge in [0.25, 0.3) is 0 Å². The summed E-state index contributed by atoms with van der Waals surface area (Å²) < 4.78 is 11.5. The summed E-state index contributed by atoms with van der Waals surface area (Å²) in [5.74, 6) is 1.97. The first kappa shape index (κ1) is 17.6. The second-order valence-electron chi connectivity index (χ2n) is 6.82. The van der Waals surface area contributed by atoms with Crippen LogP contribution in [-0.4, -0.2) is 19.1 Å². The molecule has 1 aliphatic carbocycles. The molecule has 1 saturated carbocycles. The maximum atomic E-state index is 11.9. The van der Waals surface area contributed by atoms with Gasteiger partial charge in [0, 0.05) is 6.42 Å². The Balaban J connectivity index is 2.03. The van der Waals surface area contributed by atoms with E-state index in [1.165, 1.54) is 12.8 Å². The summed E-state index contributed by atoms with van der Waals surface area (Å²) in [5, 5.41) is 3.04. The zero-order chi connectivity index (χ0) is 16.8. The quantitative estimate of drug-likeness (QED) is 0.817. The lowest BCUT2D eigenvalue weighted by molar-refractivity contribution is -0.122. The highest BCUT2D eigenvalue weighted by Gasteiger charge is 2.19. The third-order valence-electron chi connectivity index (χ3n) is 4.25. The first-order valence-corrected chi connectivity index (χ1v) is 8.63. The van der Waals surface area contributed by atoms with Crippen molar-refractivity contribution in [2.24, 2.45) is 5.92 Å². The van der Waals surface area contributed by atoms with Gasteiger partial charge in [-0.1, -0.05) is 19.9 Å². The van der Waals surface area contributed by atoms with Crippen LogP contribution in [0.3, 0.4) is 0 Å². The zero-order valence-corrected chi connectivity index (χ0v) is 14.7. The van der Waals surface area contributed by atoms with E-state index in [2.05, 4.69) is 5.32 Å². The number of carbonyl (C=O) groups is 1. The number of hydrogen-bond donors (Lipinski definition) is 1. The molecule has 1 N–H and O–H groups in total. The van der Waals surface area contributed by atoms with Crippen LogP contribution in [0.4, 0.5) is 0 Å². The van der Waals surface area contributed by atoms with Crippen molar-refractivity contribution in [3.05, 3.63) is 23.8 Å². The van der Waals surface area contributed by atoms with E-state index in [0.717, 1.165) is 29.9 Å². The Morgan fingerprint density at radius 3 is 2.52 bits per heavy atom. The summed E-state index contributed by atoms with van der Waals surface area (Å²) >= 11 is 0. The van der Waals surface area contributed by atoms with Crippen molar-refractivity contribution in [1.29, 1.82) is 0 Å². The first-order chi connectivity index (χ1) is 11.0. The van der Waals surface area contributed by atoms with Crippen molar-refractivity contribution < 1.29 is 14.3 Å². The van der Waals surface area contributed by atoms with Crippen LogP contribution in [0.25, 0.3) is 0 Å². The summed E-state index contributed by atoms with van der Waals surface area (Å²) in [7, 11) is 1.66. The van der Waals surface area contributed by atoms with Crippen LogP contribution in [0.2, 0.25) is 0 Å². The van der Waals surface area contributed by atoms with Gasteiger partial charge >= 0.3 is 0 Å². The van der Waals surface area contributed by atoms with E-state index < -0.39 is 0 Å². The maximum Gasteiger partial charge on any atom is 0.220 e. The average molecular weight is 319 g/mol. The molecule has 0 bridgehead atoms. The predicted molar refractivity (Wildman–Crippen MR) is 91.9 cm³/mol. The van der Waals surface area contributed by atoms with Crippen molar-refractivity contribution in [2.75, 3.05) is 7.11 Å². The van der Waals surface area contributed by atoms with Gasteiger partial charge < -0.3 is 14.8 Å². The van der Waals surface area contributed by atoms with Crippen LogP contribution in [-0.2, 0) is 4.79 Å². The van der Waals surface area contributed by atoms with Gasteiger partial charge in [-0.15, -0.1) is 0 Å². The van der Waals surface area contributed by atoms with Gasteiger partial charge in [0.15, 0.2) is 11.5 Å². The van der Waals surface area contributed by atoms with E-state index in [1.54, 1.807) is 7.11 Å². The molecular formula is C19H29NO3. The molecule has 0 heterocycles. The summed E-state index contributed by atoms with van der Waals surface area (Å²) in [6, 6.07) is 5.88. The number of carbonyl (C=O) groups excluding carboxylic acids is 1. The number of amides is 1. The number of nitrogens with one attached hydrogen (secondary N) is 1. The minimum absolute atomic E-state index is 0.0457. The van der Waals surface area contributed by atoms with E-state index in [9.17, 15) is 4.79 Å². The molecule has 1 fully saturated rings. The highest BCUT2D eigenvalue weighted by atomic mass is 16.5. The third-order valence-corrected chi connectivity index (χ3v) is 4.25. The van der Waals surface area contributed by atoms with Crippen molar-refractivity contribution in [1.82, 2.24) is 5.32 Å². The Hall–Kier alpha value is -1.71. The van der Waals surface area contributed by atoms with E-state index >= 15 is 0 Å². The fourth-order valence-corrected chi connectivity index (χ4v) is 2.99. The van der Waals surface area contributed by atoms with Crippen molar-refractivity contribution in [3.8, 4) is 11.5 Å². The van der Waals surface area contributed by atoms with E-state index in [4.69, 9.17) is 9.47 Å². The van der Waals surface area contributed by atoms with Crippen molar-refractivity contribution in [3.63, 3.8) is 0 Å². The molecule has 0 unspecified atom stereocenters. The number of hydrogen-bond acceptors (Lipinski definition) is 3. The van der Waals surface area contributed by atoms with Gasteiger partial charge in [-0.3, -0.25) is 4.79 Å². The van der Waals surface area contributed by atoms with Gasteiger partial charge in [-0.25, -0.2) is 0 Å². The molecule has 4 nitrogen and oxygen atoms in total. The Bertz CT molecular complexity index is 521. The zero-order valence-electron chi connectivity index (χ0n) is 14.7. The molecule has 1 amide bonds. The highest BCUT2D eigenvalue weighted by molar-refractivity contribution is 5.76. The van der Waals surface area contributed by atoms with Crippen LogP contribution in [0.5, 0.6) is 11.5 Å². The second kappa shape index (κ2) is 8.23. The molecule has 23 heavy (non-hydrogen) atoms. The summed E-state index contributed by atoms with van der Waals surface area (Å²) in [4.78, 5) is 11.9. The average Bonchev–Trinajstić information content (AvgIpc) is 2.99. The topological polar surface area (TPSA) is 47.6 Å². The molecule has 1 aromatic rings. The summed E-state index contributed by atoms with van der Waals surface area (Å²) in [6.45, 7) is 6.08. The van der Waals surface area contributed by atoms with Gasteiger partial charge in [0.1, 0.15) is 0 Å². The third kappa shape index (κ3) is 5.15. The molecule has 128 valence electrons. The maximum absolute atomic E-state index is 11.9. The minimum Gasteiger partial charge on any atom is -0.493 e. The standard InChI is InChI=1S/C19H29NO3/c1-13(2)11-19(21)20-14(3)15-9-10-17(18(12-15)22-4)23-16-7-5-6-8-16/h9-10,12-14,16H,5-8,11H2,1-4H3,(H,20,21)/t14-/m1/s1. The molecule has 0 saturated heterocycles. The van der Waals surface area contributed by atoms with Gasteiger partial charge in [-0.2, -0.15) is 0 Å². The van der Waals surface area contributed by atoms with E-state index in [1.807, 2.05) is 39.0 Å². The fraction of sp³-hybridized carbons (Fsp3) is 0.632. The second-order valence-corrected chi connectivity index (χ2v) is 6.82. The van der Waals surface area contributed by atoms with Gasteiger partial charge in [-0.05, 0) is 56.2 Å². The van der Waals surface area contributed by atoms with Crippen LogP contribution >= 0.6 is 0 Å². The lowest BCUT2D eigenvalue weighted by Gasteiger charge is -2.19.